The van der Waals surface area contributed by atoms with Crippen LogP contribution < -0.4 is 0 Å². The van der Waals surface area contributed by atoms with E-state index in [1.165, 1.54) is 0 Å². The van der Waals surface area contributed by atoms with Crippen LogP contribution in [0.4, 0.5) is 0 Å². The van der Waals surface area contributed by atoms with Gasteiger partial charge in [0, 0.05) is 13.8 Å². The highest BCUT2D eigenvalue weighted by atomic mass is 32.2. The van der Waals surface area contributed by atoms with Gasteiger partial charge in [-0.15, -0.1) is 0 Å². The van der Waals surface area contributed by atoms with Gasteiger partial charge in [0.25, 0.3) is 0 Å². The standard InChI is InChI=1S/C9H22O2SSi/c1-9(2,3)12(10,11)7-8-13(4,5)6/h7-8H2,1-6H3. The third-order valence-corrected chi connectivity index (χ3v) is 6.77. The first-order valence-corrected chi connectivity index (χ1v) is 10.0. The second-order valence-electron chi connectivity index (χ2n) is 5.74. The van der Waals surface area contributed by atoms with Crippen LogP contribution in [0.25, 0.3) is 0 Å². The fourth-order valence-electron chi connectivity index (χ4n) is 0.747. The van der Waals surface area contributed by atoms with E-state index in [2.05, 4.69) is 19.6 Å². The number of sulfone groups is 1. The Morgan fingerprint density at radius 2 is 1.46 bits per heavy atom. The fourth-order valence-corrected chi connectivity index (χ4v) is 4.88. The molecular formula is C9H22O2SSi. The summed E-state index contributed by atoms with van der Waals surface area (Å²) in [6.45, 7) is 11.9. The van der Waals surface area contributed by atoms with E-state index in [1.807, 2.05) is 0 Å². The molecule has 0 aromatic heterocycles. The SMILES string of the molecule is CC(C)(C)S(=O)(=O)CC[Si](C)(C)C. The Morgan fingerprint density at radius 3 is 1.69 bits per heavy atom. The zero-order valence-electron chi connectivity index (χ0n) is 9.64. The molecule has 0 bridgehead atoms. The molecule has 0 saturated carbocycles. The van der Waals surface area contributed by atoms with Crippen LogP contribution in [0.5, 0.6) is 0 Å². The van der Waals surface area contributed by atoms with Crippen molar-refractivity contribution in [3.05, 3.63) is 0 Å². The molecule has 0 unspecified atom stereocenters. The summed E-state index contributed by atoms with van der Waals surface area (Å²) >= 11 is 0. The molecular weight excluding hydrogens is 200 g/mol. The molecule has 0 aromatic rings. The molecule has 0 aromatic carbocycles. The molecule has 0 aliphatic heterocycles. The van der Waals surface area contributed by atoms with Crippen LogP contribution in [-0.2, 0) is 9.84 Å². The molecule has 80 valence electrons. The molecule has 0 aliphatic carbocycles. The molecule has 0 amide bonds. The molecule has 13 heavy (non-hydrogen) atoms. The van der Waals surface area contributed by atoms with E-state index in [1.54, 1.807) is 20.8 Å². The second-order valence-corrected chi connectivity index (χ2v) is 14.2. The lowest BCUT2D eigenvalue weighted by Crippen LogP contribution is -2.33. The fraction of sp³-hybridized carbons (Fsp3) is 1.00. The highest BCUT2D eigenvalue weighted by Gasteiger charge is 2.30. The van der Waals surface area contributed by atoms with Crippen molar-refractivity contribution < 1.29 is 8.42 Å². The summed E-state index contributed by atoms with van der Waals surface area (Å²) in [5.74, 6) is 0.353. The van der Waals surface area contributed by atoms with Gasteiger partial charge in [-0.2, -0.15) is 0 Å². The minimum Gasteiger partial charge on any atom is -0.228 e. The van der Waals surface area contributed by atoms with Crippen LogP contribution in [0.3, 0.4) is 0 Å². The van der Waals surface area contributed by atoms with Crippen LogP contribution in [0.1, 0.15) is 20.8 Å². The van der Waals surface area contributed by atoms with Crippen molar-refractivity contribution in [3.63, 3.8) is 0 Å². The predicted octanol–water partition coefficient (Wildman–Crippen LogP) is 2.54. The van der Waals surface area contributed by atoms with Crippen LogP contribution >= 0.6 is 0 Å². The molecule has 0 N–H and O–H groups in total. The highest BCUT2D eigenvalue weighted by Crippen LogP contribution is 2.19. The zero-order chi connectivity index (χ0) is 10.9. The normalized spacial score (nSPS) is 14.6. The Kier molecular flexibility index (Phi) is 3.78. The maximum Gasteiger partial charge on any atom is 0.154 e. The smallest absolute Gasteiger partial charge is 0.154 e. The van der Waals surface area contributed by atoms with Gasteiger partial charge in [-0.3, -0.25) is 0 Å². The molecule has 2 nitrogen and oxygen atoms in total. The van der Waals surface area contributed by atoms with Crippen molar-refractivity contribution in [2.45, 2.75) is 51.2 Å². The molecule has 0 heterocycles. The van der Waals surface area contributed by atoms with Gasteiger partial charge < -0.3 is 0 Å². The highest BCUT2D eigenvalue weighted by molar-refractivity contribution is 7.92. The zero-order valence-corrected chi connectivity index (χ0v) is 11.5. The Bertz CT molecular complexity index is 254. The van der Waals surface area contributed by atoms with Crippen LogP contribution in [0.2, 0.25) is 25.7 Å². The monoisotopic (exact) mass is 222 g/mol. The topological polar surface area (TPSA) is 34.1 Å². The second kappa shape index (κ2) is 3.73. The number of rotatable bonds is 3. The molecule has 0 atom stereocenters. The largest absolute Gasteiger partial charge is 0.228 e. The molecule has 0 radical (unpaired) electrons. The lowest BCUT2D eigenvalue weighted by atomic mass is 10.3. The van der Waals surface area contributed by atoms with Gasteiger partial charge in [0.1, 0.15) is 0 Å². The lowest BCUT2D eigenvalue weighted by molar-refractivity contribution is 0.561. The first-order valence-electron chi connectivity index (χ1n) is 4.68. The van der Waals surface area contributed by atoms with Crippen molar-refractivity contribution in [1.29, 1.82) is 0 Å². The summed E-state index contributed by atoms with van der Waals surface area (Å²) in [7, 11) is -4.12. The van der Waals surface area contributed by atoms with E-state index >= 15 is 0 Å². The Morgan fingerprint density at radius 1 is 1.08 bits per heavy atom. The van der Waals surface area contributed by atoms with E-state index in [-0.39, 0.29) is 0 Å². The summed E-state index contributed by atoms with van der Waals surface area (Å²) in [5, 5.41) is 0. The molecule has 4 heteroatoms. The Labute approximate surface area is 83.7 Å². The third kappa shape index (κ3) is 4.81. The summed E-state index contributed by atoms with van der Waals surface area (Å²) < 4.78 is 22.9. The molecule has 0 saturated heterocycles. The average molecular weight is 222 g/mol. The number of hydrogen-bond acceptors (Lipinski definition) is 2. The van der Waals surface area contributed by atoms with Crippen molar-refractivity contribution in [1.82, 2.24) is 0 Å². The van der Waals surface area contributed by atoms with Crippen LogP contribution in [0.15, 0.2) is 0 Å². The summed E-state index contributed by atoms with van der Waals surface area (Å²) in [4.78, 5) is 0. The quantitative estimate of drug-likeness (QED) is 0.688. The predicted molar refractivity (Wildman–Crippen MR) is 61.7 cm³/mol. The van der Waals surface area contributed by atoms with Gasteiger partial charge in [-0.25, -0.2) is 8.42 Å². The van der Waals surface area contributed by atoms with E-state index < -0.39 is 22.7 Å². The molecule has 0 rings (SSSR count). The minimum atomic E-state index is -2.90. The lowest BCUT2D eigenvalue weighted by Gasteiger charge is -2.22. The number of hydrogen-bond donors (Lipinski definition) is 0. The van der Waals surface area contributed by atoms with Crippen LogP contribution in [-0.4, -0.2) is 27.0 Å². The van der Waals surface area contributed by atoms with Gasteiger partial charge in [-0.1, -0.05) is 19.6 Å². The maximum atomic E-state index is 11.7. The summed E-state index contributed by atoms with van der Waals surface area (Å²) in [6, 6.07) is 0.868. The van der Waals surface area contributed by atoms with Crippen molar-refractivity contribution >= 4 is 17.9 Å². The Hall–Kier alpha value is 0.167. The maximum absolute atomic E-state index is 11.7. The van der Waals surface area contributed by atoms with Crippen molar-refractivity contribution in [2.24, 2.45) is 0 Å². The van der Waals surface area contributed by atoms with E-state index in [4.69, 9.17) is 0 Å². The van der Waals surface area contributed by atoms with Crippen LogP contribution in [0, 0.1) is 0 Å². The van der Waals surface area contributed by atoms with E-state index in [0.29, 0.717) is 5.75 Å². The molecule has 0 aliphatic rings. The molecule has 0 fully saturated rings. The van der Waals surface area contributed by atoms with Crippen molar-refractivity contribution in [2.75, 3.05) is 5.75 Å². The minimum absolute atomic E-state index is 0.353. The summed E-state index contributed by atoms with van der Waals surface area (Å²) in [5.41, 5.74) is 0. The van der Waals surface area contributed by atoms with Gasteiger partial charge in [0.15, 0.2) is 9.84 Å². The van der Waals surface area contributed by atoms with Gasteiger partial charge in [0.05, 0.1) is 4.75 Å². The van der Waals surface area contributed by atoms with E-state index in [0.717, 1.165) is 6.04 Å². The summed E-state index contributed by atoms with van der Waals surface area (Å²) in [6.07, 6.45) is 0. The average Bonchev–Trinajstić information content (AvgIpc) is 1.79. The first-order chi connectivity index (χ1) is 5.46. The third-order valence-electron chi connectivity index (χ3n) is 2.05. The van der Waals surface area contributed by atoms with Gasteiger partial charge in [0.2, 0.25) is 0 Å². The van der Waals surface area contributed by atoms with Gasteiger partial charge in [-0.05, 0) is 26.8 Å². The Balaban J connectivity index is 4.40. The van der Waals surface area contributed by atoms with Gasteiger partial charge >= 0.3 is 0 Å². The van der Waals surface area contributed by atoms with E-state index in [9.17, 15) is 8.42 Å². The van der Waals surface area contributed by atoms with Crippen molar-refractivity contribution in [3.8, 4) is 0 Å². The first kappa shape index (κ1) is 13.2. The molecule has 0 spiro atoms.